The Bertz CT molecular complexity index is 361. The Morgan fingerprint density at radius 1 is 1.05 bits per heavy atom. The molecule has 1 aliphatic rings. The normalized spacial score (nSPS) is 20.9. The highest BCUT2D eigenvalue weighted by Crippen LogP contribution is 2.44. The van der Waals surface area contributed by atoms with Crippen LogP contribution in [-0.2, 0) is 0 Å². The molecular weight excluding hydrogens is 302 g/mol. The van der Waals surface area contributed by atoms with Crippen LogP contribution in [0.1, 0.15) is 19.8 Å². The summed E-state index contributed by atoms with van der Waals surface area (Å²) in [5.74, 6) is -5.58. The van der Waals surface area contributed by atoms with E-state index in [1.807, 2.05) is 0 Å². The van der Waals surface area contributed by atoms with Crippen molar-refractivity contribution >= 4 is 6.34 Å². The molecule has 1 unspecified atom stereocenters. The molecular formula is C9H11F8N3. The van der Waals surface area contributed by atoms with Gasteiger partial charge in [0.1, 0.15) is 6.34 Å². The maximum Gasteiger partial charge on any atom is 0.487 e. The number of rotatable bonds is 4. The first-order valence-corrected chi connectivity index (χ1v) is 5.53. The minimum absolute atomic E-state index is 0.0556. The summed E-state index contributed by atoms with van der Waals surface area (Å²) in [5.41, 5.74) is 0. The predicted octanol–water partition coefficient (Wildman–Crippen LogP) is 3.39. The van der Waals surface area contributed by atoms with Gasteiger partial charge in [0.2, 0.25) is 0 Å². The van der Waals surface area contributed by atoms with Crippen molar-refractivity contribution in [1.82, 2.24) is 9.91 Å². The molecule has 0 amide bonds. The fourth-order valence-electron chi connectivity index (χ4n) is 1.60. The van der Waals surface area contributed by atoms with Crippen LogP contribution < -0.4 is 0 Å². The maximum atomic E-state index is 13.3. The second kappa shape index (κ2) is 5.24. The summed E-state index contributed by atoms with van der Waals surface area (Å²) < 4.78 is 101. The quantitative estimate of drug-likeness (QED) is 0.585. The van der Waals surface area contributed by atoms with E-state index in [4.69, 9.17) is 0 Å². The van der Waals surface area contributed by atoms with Crippen LogP contribution in [0.2, 0.25) is 0 Å². The molecule has 11 heteroatoms. The Morgan fingerprint density at radius 3 is 2.00 bits per heavy atom. The van der Waals surface area contributed by atoms with E-state index in [1.165, 1.54) is 0 Å². The molecule has 0 radical (unpaired) electrons. The van der Waals surface area contributed by atoms with Crippen LogP contribution in [0.15, 0.2) is 5.10 Å². The summed E-state index contributed by atoms with van der Waals surface area (Å²) in [6, 6.07) is 0. The van der Waals surface area contributed by atoms with E-state index in [0.717, 1.165) is 0 Å². The summed E-state index contributed by atoms with van der Waals surface area (Å²) in [5, 5.41) is 3.13. The number of hydrazone groups is 1. The minimum atomic E-state index is -6.11. The van der Waals surface area contributed by atoms with Gasteiger partial charge in [0, 0.05) is 6.54 Å². The van der Waals surface area contributed by atoms with Crippen LogP contribution in [0.25, 0.3) is 0 Å². The van der Waals surface area contributed by atoms with Crippen LogP contribution in [0.3, 0.4) is 0 Å². The van der Waals surface area contributed by atoms with Gasteiger partial charge in [-0.25, -0.2) is 4.90 Å². The lowest BCUT2D eigenvalue weighted by atomic mass is 10.2. The molecule has 1 aliphatic heterocycles. The fraction of sp³-hybridized carbons (Fsp3) is 0.889. The van der Waals surface area contributed by atoms with E-state index in [9.17, 15) is 35.1 Å². The third kappa shape index (κ3) is 3.06. The van der Waals surface area contributed by atoms with Crippen LogP contribution >= 0.6 is 0 Å². The molecule has 3 nitrogen and oxygen atoms in total. The number of alkyl halides is 8. The van der Waals surface area contributed by atoms with Gasteiger partial charge in [-0.3, -0.25) is 5.01 Å². The Balaban J connectivity index is 3.11. The molecule has 0 spiro atoms. The predicted molar refractivity (Wildman–Crippen MR) is 52.8 cm³/mol. The molecule has 0 aliphatic carbocycles. The van der Waals surface area contributed by atoms with Crippen LogP contribution in [0, 0.1) is 0 Å². The maximum absolute atomic E-state index is 13.3. The molecule has 0 aromatic rings. The zero-order valence-corrected chi connectivity index (χ0v) is 10.1. The SMILES string of the molecule is CCCCN1N=CN(C(F)(F)F)C1C(F)(F)C(F)(F)F. The first kappa shape index (κ1) is 16.8. The van der Waals surface area contributed by atoms with E-state index in [1.54, 1.807) is 6.92 Å². The third-order valence-corrected chi connectivity index (χ3v) is 2.61. The van der Waals surface area contributed by atoms with Gasteiger partial charge >= 0.3 is 18.4 Å². The Kier molecular flexibility index (Phi) is 4.39. The van der Waals surface area contributed by atoms with Crippen molar-refractivity contribution in [2.75, 3.05) is 6.54 Å². The van der Waals surface area contributed by atoms with Gasteiger partial charge < -0.3 is 0 Å². The summed E-state index contributed by atoms with van der Waals surface area (Å²) in [6.07, 6.45) is -14.3. The molecule has 1 rings (SSSR count). The number of hydrogen-bond donors (Lipinski definition) is 0. The van der Waals surface area contributed by atoms with E-state index in [-0.39, 0.29) is 17.8 Å². The number of unbranched alkanes of at least 4 members (excludes halogenated alkanes) is 1. The highest BCUT2D eigenvalue weighted by atomic mass is 19.4. The van der Waals surface area contributed by atoms with Crippen molar-refractivity contribution in [3.63, 3.8) is 0 Å². The average Bonchev–Trinajstić information content (AvgIpc) is 2.68. The lowest BCUT2D eigenvalue weighted by molar-refractivity contribution is -0.340. The first-order chi connectivity index (χ1) is 8.93. The molecule has 1 atom stereocenters. The smallest absolute Gasteiger partial charge is 0.266 e. The van der Waals surface area contributed by atoms with E-state index in [2.05, 4.69) is 5.10 Å². The summed E-state index contributed by atoms with van der Waals surface area (Å²) in [4.78, 5) is -1.03. The largest absolute Gasteiger partial charge is 0.487 e. The van der Waals surface area contributed by atoms with Crippen LogP contribution in [-0.4, -0.2) is 47.4 Å². The second-order valence-electron chi connectivity index (χ2n) is 4.12. The van der Waals surface area contributed by atoms with Crippen LogP contribution in [0.5, 0.6) is 0 Å². The molecule has 118 valence electrons. The molecule has 0 aromatic heterocycles. The highest BCUT2D eigenvalue weighted by molar-refractivity contribution is 5.58. The van der Waals surface area contributed by atoms with Gasteiger partial charge in [-0.05, 0) is 6.42 Å². The number of halogens is 8. The van der Waals surface area contributed by atoms with Gasteiger partial charge in [-0.15, -0.1) is 13.2 Å². The molecule has 0 N–H and O–H groups in total. The van der Waals surface area contributed by atoms with Crippen molar-refractivity contribution in [1.29, 1.82) is 0 Å². The lowest BCUT2D eigenvalue weighted by Gasteiger charge is -2.37. The topological polar surface area (TPSA) is 18.8 Å². The first-order valence-electron chi connectivity index (χ1n) is 5.53. The monoisotopic (exact) mass is 313 g/mol. The highest BCUT2D eigenvalue weighted by Gasteiger charge is 2.69. The van der Waals surface area contributed by atoms with Gasteiger partial charge in [0.05, 0.1) is 0 Å². The van der Waals surface area contributed by atoms with E-state index >= 15 is 0 Å². The average molecular weight is 313 g/mol. The Morgan fingerprint density at radius 2 is 1.60 bits per heavy atom. The van der Waals surface area contributed by atoms with Gasteiger partial charge in [-0.2, -0.15) is 27.1 Å². The zero-order chi connectivity index (χ0) is 15.8. The van der Waals surface area contributed by atoms with Crippen molar-refractivity contribution < 1.29 is 35.1 Å². The minimum Gasteiger partial charge on any atom is -0.266 e. The second-order valence-corrected chi connectivity index (χ2v) is 4.12. The van der Waals surface area contributed by atoms with Crippen molar-refractivity contribution in [3.8, 4) is 0 Å². The van der Waals surface area contributed by atoms with E-state index in [0.29, 0.717) is 6.42 Å². The molecule has 1 heterocycles. The number of hydrogen-bond acceptors (Lipinski definition) is 3. The Labute approximate surface area is 108 Å². The fourth-order valence-corrected chi connectivity index (χ4v) is 1.60. The number of nitrogens with zero attached hydrogens (tertiary/aromatic N) is 3. The molecule has 20 heavy (non-hydrogen) atoms. The van der Waals surface area contributed by atoms with Gasteiger partial charge in [-0.1, -0.05) is 13.3 Å². The third-order valence-electron chi connectivity index (χ3n) is 2.61. The van der Waals surface area contributed by atoms with Gasteiger partial charge in [0.15, 0.2) is 6.17 Å². The summed E-state index contributed by atoms with van der Waals surface area (Å²) in [6.45, 7) is 1.17. The zero-order valence-electron chi connectivity index (χ0n) is 10.1. The van der Waals surface area contributed by atoms with Gasteiger partial charge in [0.25, 0.3) is 0 Å². The Hall–Kier alpha value is -1.29. The molecule has 0 saturated carbocycles. The van der Waals surface area contributed by atoms with E-state index < -0.39 is 36.0 Å². The molecule has 0 fully saturated rings. The summed E-state index contributed by atoms with van der Waals surface area (Å²) >= 11 is 0. The van der Waals surface area contributed by atoms with Crippen molar-refractivity contribution in [3.05, 3.63) is 0 Å². The van der Waals surface area contributed by atoms with Crippen molar-refractivity contribution in [2.45, 2.75) is 44.3 Å². The molecule has 0 saturated heterocycles. The van der Waals surface area contributed by atoms with Crippen molar-refractivity contribution in [2.24, 2.45) is 5.10 Å². The lowest BCUT2D eigenvalue weighted by Crippen LogP contribution is -2.62. The van der Waals surface area contributed by atoms with Crippen LogP contribution in [0.4, 0.5) is 35.1 Å². The molecule has 0 aromatic carbocycles. The standard InChI is InChI=1S/C9H11F8N3/c1-2-3-4-20-6(7(10,11)8(12,13)14)19(5-18-20)9(15,16)17/h5-6H,2-4H2,1H3. The molecule has 0 bridgehead atoms. The summed E-state index contributed by atoms with van der Waals surface area (Å²) in [7, 11) is 0.